The first-order valence-electron chi connectivity index (χ1n) is 6.01. The lowest BCUT2D eigenvalue weighted by atomic mass is 10.1. The summed E-state index contributed by atoms with van der Waals surface area (Å²) in [5.41, 5.74) is 6.97. The van der Waals surface area contributed by atoms with E-state index in [1.807, 2.05) is 37.1 Å². The first-order valence-corrected chi connectivity index (χ1v) is 6.01. The molecule has 0 spiro atoms. The minimum atomic E-state index is -0.228. The number of nitrogens with two attached hydrogens (primary N) is 1. The standard InChI is InChI=1S/C13H18N4O/c1-10(14)12-15-16-13(18-12)17(2)9-8-11-6-4-3-5-7-11/h3-7,10H,8-9,14H2,1-2H3. The highest BCUT2D eigenvalue weighted by Crippen LogP contribution is 2.14. The van der Waals surface area contributed by atoms with Crippen LogP contribution in [0.4, 0.5) is 6.01 Å². The Balaban J connectivity index is 1.93. The maximum atomic E-state index is 5.68. The van der Waals surface area contributed by atoms with Gasteiger partial charge in [-0.05, 0) is 18.9 Å². The van der Waals surface area contributed by atoms with Crippen LogP contribution in [0.3, 0.4) is 0 Å². The van der Waals surface area contributed by atoms with E-state index in [0.717, 1.165) is 13.0 Å². The molecule has 5 heteroatoms. The molecule has 18 heavy (non-hydrogen) atoms. The van der Waals surface area contributed by atoms with Crippen LogP contribution in [-0.2, 0) is 6.42 Å². The van der Waals surface area contributed by atoms with Crippen LogP contribution >= 0.6 is 0 Å². The second kappa shape index (κ2) is 5.64. The molecule has 0 bridgehead atoms. The lowest BCUT2D eigenvalue weighted by molar-refractivity contribution is 0.461. The highest BCUT2D eigenvalue weighted by Gasteiger charge is 2.12. The Bertz CT molecular complexity index is 481. The molecule has 2 rings (SSSR count). The van der Waals surface area contributed by atoms with Crippen molar-refractivity contribution < 1.29 is 4.42 Å². The Kier molecular flexibility index (Phi) is 3.94. The molecule has 0 saturated heterocycles. The molecule has 0 aliphatic heterocycles. The van der Waals surface area contributed by atoms with Gasteiger partial charge in [-0.1, -0.05) is 35.4 Å². The van der Waals surface area contributed by atoms with Crippen LogP contribution in [0.25, 0.3) is 0 Å². The van der Waals surface area contributed by atoms with Crippen molar-refractivity contribution >= 4 is 6.01 Å². The second-order valence-electron chi connectivity index (χ2n) is 4.37. The van der Waals surface area contributed by atoms with Crippen molar-refractivity contribution in [1.29, 1.82) is 0 Å². The topological polar surface area (TPSA) is 68.2 Å². The number of rotatable bonds is 5. The van der Waals surface area contributed by atoms with E-state index >= 15 is 0 Å². The van der Waals surface area contributed by atoms with Gasteiger partial charge in [-0.25, -0.2) is 0 Å². The number of likely N-dealkylation sites (N-methyl/N-ethyl adjacent to an activating group) is 1. The monoisotopic (exact) mass is 246 g/mol. The van der Waals surface area contributed by atoms with Gasteiger partial charge in [0.15, 0.2) is 0 Å². The number of aromatic nitrogens is 2. The molecule has 2 N–H and O–H groups in total. The lowest BCUT2D eigenvalue weighted by Crippen LogP contribution is -2.20. The van der Waals surface area contributed by atoms with Crippen molar-refractivity contribution in [3.05, 3.63) is 41.8 Å². The smallest absolute Gasteiger partial charge is 0.317 e. The summed E-state index contributed by atoms with van der Waals surface area (Å²) in [5, 5.41) is 7.89. The van der Waals surface area contributed by atoms with E-state index in [9.17, 15) is 0 Å². The number of benzene rings is 1. The summed E-state index contributed by atoms with van der Waals surface area (Å²) in [5.74, 6) is 0.469. The molecule has 0 fully saturated rings. The third-order valence-corrected chi connectivity index (χ3v) is 2.72. The van der Waals surface area contributed by atoms with Crippen molar-refractivity contribution in [2.24, 2.45) is 5.73 Å². The van der Waals surface area contributed by atoms with E-state index in [2.05, 4.69) is 22.3 Å². The molecule has 5 nitrogen and oxygen atoms in total. The second-order valence-corrected chi connectivity index (χ2v) is 4.37. The number of nitrogens with zero attached hydrogens (tertiary/aromatic N) is 3. The molecule has 0 amide bonds. The maximum Gasteiger partial charge on any atom is 0.317 e. The Morgan fingerprint density at radius 3 is 2.61 bits per heavy atom. The zero-order valence-electron chi connectivity index (χ0n) is 10.7. The fourth-order valence-electron chi connectivity index (χ4n) is 1.60. The largest absolute Gasteiger partial charge is 0.406 e. The van der Waals surface area contributed by atoms with Crippen LogP contribution in [-0.4, -0.2) is 23.8 Å². The Morgan fingerprint density at radius 1 is 1.28 bits per heavy atom. The zero-order valence-corrected chi connectivity index (χ0v) is 10.7. The zero-order chi connectivity index (χ0) is 13.0. The first kappa shape index (κ1) is 12.6. The molecule has 2 aromatic rings. The van der Waals surface area contributed by atoms with Crippen molar-refractivity contribution in [2.75, 3.05) is 18.5 Å². The van der Waals surface area contributed by atoms with Crippen molar-refractivity contribution in [2.45, 2.75) is 19.4 Å². The van der Waals surface area contributed by atoms with Crippen molar-refractivity contribution in [1.82, 2.24) is 10.2 Å². The average Bonchev–Trinajstić information content (AvgIpc) is 2.87. The van der Waals surface area contributed by atoms with Gasteiger partial charge in [0.2, 0.25) is 5.89 Å². The van der Waals surface area contributed by atoms with Gasteiger partial charge in [0, 0.05) is 13.6 Å². The summed E-state index contributed by atoms with van der Waals surface area (Å²) in [6.07, 6.45) is 0.938. The fourth-order valence-corrected chi connectivity index (χ4v) is 1.60. The molecule has 96 valence electrons. The predicted octanol–water partition coefficient (Wildman–Crippen LogP) is 1.77. The molecule has 0 saturated carbocycles. The average molecular weight is 246 g/mol. The van der Waals surface area contributed by atoms with Crippen LogP contribution in [0.5, 0.6) is 0 Å². The molecule has 1 heterocycles. The summed E-state index contributed by atoms with van der Waals surface area (Å²) < 4.78 is 5.47. The fraction of sp³-hybridized carbons (Fsp3) is 0.385. The summed E-state index contributed by atoms with van der Waals surface area (Å²) in [6, 6.07) is 10.6. The summed E-state index contributed by atoms with van der Waals surface area (Å²) in [7, 11) is 1.93. The highest BCUT2D eigenvalue weighted by atomic mass is 16.4. The molecule has 0 aliphatic carbocycles. The van der Waals surface area contributed by atoms with Crippen LogP contribution in [0, 0.1) is 0 Å². The predicted molar refractivity (Wildman–Crippen MR) is 70.3 cm³/mol. The molecule has 1 unspecified atom stereocenters. The summed E-state index contributed by atoms with van der Waals surface area (Å²) in [6.45, 7) is 2.64. The molecular weight excluding hydrogens is 228 g/mol. The minimum absolute atomic E-state index is 0.228. The molecule has 1 atom stereocenters. The first-order chi connectivity index (χ1) is 8.66. The normalized spacial score (nSPS) is 12.4. The van der Waals surface area contributed by atoms with Gasteiger partial charge in [-0.15, -0.1) is 5.10 Å². The van der Waals surface area contributed by atoms with Gasteiger partial charge >= 0.3 is 6.01 Å². The van der Waals surface area contributed by atoms with Gasteiger partial charge in [-0.3, -0.25) is 0 Å². The van der Waals surface area contributed by atoms with Crippen LogP contribution in [0.1, 0.15) is 24.4 Å². The molecule has 1 aromatic heterocycles. The SMILES string of the molecule is CC(N)c1nnc(N(C)CCc2ccccc2)o1. The van der Waals surface area contributed by atoms with E-state index in [4.69, 9.17) is 10.2 Å². The number of hydrogen-bond acceptors (Lipinski definition) is 5. The number of hydrogen-bond donors (Lipinski definition) is 1. The van der Waals surface area contributed by atoms with Crippen LogP contribution in [0.15, 0.2) is 34.7 Å². The Morgan fingerprint density at radius 2 is 2.00 bits per heavy atom. The third-order valence-electron chi connectivity index (χ3n) is 2.72. The van der Waals surface area contributed by atoms with Crippen molar-refractivity contribution in [3.63, 3.8) is 0 Å². The van der Waals surface area contributed by atoms with Crippen LogP contribution < -0.4 is 10.6 Å². The molecule has 0 aliphatic rings. The molecular formula is C13H18N4O. The van der Waals surface area contributed by atoms with Gasteiger partial charge in [0.1, 0.15) is 0 Å². The van der Waals surface area contributed by atoms with Gasteiger partial charge in [0.25, 0.3) is 0 Å². The van der Waals surface area contributed by atoms with E-state index in [0.29, 0.717) is 11.9 Å². The highest BCUT2D eigenvalue weighted by molar-refractivity contribution is 5.24. The quantitative estimate of drug-likeness (QED) is 0.870. The van der Waals surface area contributed by atoms with Crippen molar-refractivity contribution in [3.8, 4) is 0 Å². The summed E-state index contributed by atoms with van der Waals surface area (Å²) in [4.78, 5) is 1.94. The van der Waals surface area contributed by atoms with E-state index in [1.54, 1.807) is 0 Å². The molecule has 0 radical (unpaired) electrons. The lowest BCUT2D eigenvalue weighted by Gasteiger charge is -2.13. The van der Waals surface area contributed by atoms with Gasteiger partial charge in [0.05, 0.1) is 6.04 Å². The van der Waals surface area contributed by atoms with Crippen LogP contribution in [0.2, 0.25) is 0 Å². The van der Waals surface area contributed by atoms with E-state index < -0.39 is 0 Å². The maximum absolute atomic E-state index is 5.68. The number of anilines is 1. The minimum Gasteiger partial charge on any atom is -0.406 e. The Labute approximate surface area is 107 Å². The Hall–Kier alpha value is -1.88. The van der Waals surface area contributed by atoms with Gasteiger partial charge in [-0.2, -0.15) is 0 Å². The molecule has 1 aromatic carbocycles. The van der Waals surface area contributed by atoms with E-state index in [1.165, 1.54) is 5.56 Å². The third kappa shape index (κ3) is 3.07. The summed E-state index contributed by atoms with van der Waals surface area (Å²) >= 11 is 0. The van der Waals surface area contributed by atoms with E-state index in [-0.39, 0.29) is 6.04 Å². The van der Waals surface area contributed by atoms with Gasteiger partial charge < -0.3 is 15.1 Å².